The van der Waals surface area contributed by atoms with Crippen LogP contribution in [0.15, 0.2) is 53.3 Å². The Hall–Kier alpha value is -2.75. The molecule has 0 aliphatic rings. The lowest BCUT2D eigenvalue weighted by Crippen LogP contribution is -2.33. The zero-order valence-electron chi connectivity index (χ0n) is 18.9. The van der Waals surface area contributed by atoms with Gasteiger partial charge in [0.1, 0.15) is 0 Å². The first kappa shape index (κ1) is 23.9. The quantitative estimate of drug-likeness (QED) is 0.482. The van der Waals surface area contributed by atoms with Crippen molar-refractivity contribution in [3.05, 3.63) is 65.3 Å². The summed E-state index contributed by atoms with van der Waals surface area (Å²) in [5.74, 6) is -0.410. The molecule has 3 aromatic rings. The van der Waals surface area contributed by atoms with Crippen molar-refractivity contribution < 1.29 is 13.2 Å². The summed E-state index contributed by atoms with van der Waals surface area (Å²) >= 11 is 1.32. The van der Waals surface area contributed by atoms with Crippen LogP contribution in [-0.4, -0.2) is 41.3 Å². The Labute approximate surface area is 193 Å². The number of hydrogen-bond acceptors (Lipinski definition) is 5. The number of anilines is 1. The zero-order valence-corrected chi connectivity index (χ0v) is 20.5. The smallest absolute Gasteiger partial charge is 0.257 e. The molecule has 32 heavy (non-hydrogen) atoms. The Morgan fingerprint density at radius 2 is 2.03 bits per heavy atom. The number of nitrogens with one attached hydrogen (secondary N) is 1. The standard InChI is InChI=1S/C23H28N4O3S2/c1-7-11-27-16(4)12-20(17(27)5)21-14-31-23(24-21)25-22(28)18-9-8-10-19(13-18)32(29,30)26(6)15(2)3/h7-10,12-15H,1,11H2,2-6H3,(H,24,25,28). The summed E-state index contributed by atoms with van der Waals surface area (Å²) in [6.45, 7) is 12.2. The van der Waals surface area contributed by atoms with Crippen LogP contribution in [0.25, 0.3) is 11.3 Å². The van der Waals surface area contributed by atoms with Gasteiger partial charge in [-0.1, -0.05) is 12.1 Å². The van der Waals surface area contributed by atoms with E-state index < -0.39 is 15.9 Å². The summed E-state index contributed by atoms with van der Waals surface area (Å²) in [5.41, 5.74) is 4.23. The predicted octanol–water partition coefficient (Wildman–Crippen LogP) is 4.70. The van der Waals surface area contributed by atoms with Gasteiger partial charge in [0, 0.05) is 47.5 Å². The maximum Gasteiger partial charge on any atom is 0.257 e. The molecule has 3 rings (SSSR count). The molecule has 1 N–H and O–H groups in total. The fourth-order valence-electron chi connectivity index (χ4n) is 3.34. The number of thiazole rings is 1. The number of carbonyl (C=O) groups excluding carboxylic acids is 1. The number of amides is 1. The van der Waals surface area contributed by atoms with Crippen molar-refractivity contribution in [2.45, 2.75) is 45.2 Å². The van der Waals surface area contributed by atoms with Crippen LogP contribution in [-0.2, 0) is 16.6 Å². The largest absolute Gasteiger partial charge is 0.345 e. The first-order valence-electron chi connectivity index (χ1n) is 10.2. The molecule has 0 atom stereocenters. The average molecular weight is 473 g/mol. The van der Waals surface area contributed by atoms with Gasteiger partial charge in [-0.2, -0.15) is 4.31 Å². The van der Waals surface area contributed by atoms with Crippen LogP contribution < -0.4 is 5.32 Å². The fourth-order valence-corrected chi connectivity index (χ4v) is 5.46. The van der Waals surface area contributed by atoms with Gasteiger partial charge in [-0.3, -0.25) is 10.1 Å². The van der Waals surface area contributed by atoms with E-state index in [1.165, 1.54) is 34.8 Å². The molecule has 0 saturated carbocycles. The first-order chi connectivity index (χ1) is 15.1. The maximum absolute atomic E-state index is 12.8. The number of nitrogens with zero attached hydrogens (tertiary/aromatic N) is 3. The van der Waals surface area contributed by atoms with Crippen LogP contribution in [0.2, 0.25) is 0 Å². The fraction of sp³-hybridized carbons (Fsp3) is 0.304. The van der Waals surface area contributed by atoms with Crippen LogP contribution in [0, 0.1) is 13.8 Å². The summed E-state index contributed by atoms with van der Waals surface area (Å²) in [5, 5.41) is 5.13. The van der Waals surface area contributed by atoms with Gasteiger partial charge in [-0.25, -0.2) is 13.4 Å². The Balaban J connectivity index is 1.82. The highest BCUT2D eigenvalue weighted by Gasteiger charge is 2.24. The normalized spacial score (nSPS) is 11.8. The minimum atomic E-state index is -3.68. The van der Waals surface area contributed by atoms with E-state index in [0.717, 1.165) is 29.2 Å². The molecule has 9 heteroatoms. The van der Waals surface area contributed by atoms with E-state index in [9.17, 15) is 13.2 Å². The maximum atomic E-state index is 12.8. The Kier molecular flexibility index (Phi) is 7.02. The first-order valence-corrected chi connectivity index (χ1v) is 12.5. The monoisotopic (exact) mass is 472 g/mol. The van der Waals surface area contributed by atoms with Crippen molar-refractivity contribution in [1.29, 1.82) is 0 Å². The van der Waals surface area contributed by atoms with Crippen molar-refractivity contribution in [2.75, 3.05) is 12.4 Å². The van der Waals surface area contributed by atoms with Gasteiger partial charge in [0.05, 0.1) is 10.6 Å². The van der Waals surface area contributed by atoms with Crippen molar-refractivity contribution >= 4 is 32.4 Å². The number of allylic oxidation sites excluding steroid dienone is 1. The minimum Gasteiger partial charge on any atom is -0.345 e. The highest BCUT2D eigenvalue weighted by molar-refractivity contribution is 7.89. The predicted molar refractivity (Wildman–Crippen MR) is 130 cm³/mol. The van der Waals surface area contributed by atoms with Crippen LogP contribution in [0.4, 0.5) is 5.13 Å². The third kappa shape index (κ3) is 4.69. The van der Waals surface area contributed by atoms with Crippen molar-refractivity contribution in [1.82, 2.24) is 13.9 Å². The second kappa shape index (κ2) is 9.40. The van der Waals surface area contributed by atoms with Crippen LogP contribution >= 0.6 is 11.3 Å². The van der Waals surface area contributed by atoms with E-state index in [0.29, 0.717) is 5.13 Å². The molecule has 7 nitrogen and oxygen atoms in total. The van der Waals surface area contributed by atoms with Gasteiger partial charge in [0.2, 0.25) is 10.0 Å². The summed E-state index contributed by atoms with van der Waals surface area (Å²) in [7, 11) is -2.16. The molecule has 0 unspecified atom stereocenters. The Morgan fingerprint density at radius 3 is 2.69 bits per heavy atom. The topological polar surface area (TPSA) is 84.3 Å². The van der Waals surface area contributed by atoms with Crippen LogP contribution in [0.5, 0.6) is 0 Å². The molecule has 2 aromatic heterocycles. The number of aryl methyl sites for hydroxylation is 1. The molecule has 0 radical (unpaired) electrons. The third-order valence-electron chi connectivity index (χ3n) is 5.39. The SMILES string of the molecule is C=CCn1c(C)cc(-c2csc(NC(=O)c3cccc(S(=O)(=O)N(C)C(C)C)c3)n2)c1C. The van der Waals surface area contributed by atoms with E-state index in [4.69, 9.17) is 0 Å². The van der Waals surface area contributed by atoms with Gasteiger partial charge in [0.15, 0.2) is 5.13 Å². The molecule has 0 saturated heterocycles. The highest BCUT2D eigenvalue weighted by Crippen LogP contribution is 2.30. The molecular weight excluding hydrogens is 444 g/mol. The summed E-state index contributed by atoms with van der Waals surface area (Å²) in [4.78, 5) is 17.4. The third-order valence-corrected chi connectivity index (χ3v) is 8.17. The number of rotatable bonds is 8. The van der Waals surface area contributed by atoms with Crippen LogP contribution in [0.1, 0.15) is 35.6 Å². The van der Waals surface area contributed by atoms with Gasteiger partial charge >= 0.3 is 0 Å². The second-order valence-corrected chi connectivity index (χ2v) is 10.7. The lowest BCUT2D eigenvalue weighted by atomic mass is 10.2. The Bertz CT molecular complexity index is 1260. The lowest BCUT2D eigenvalue weighted by Gasteiger charge is -2.21. The van der Waals surface area contributed by atoms with Gasteiger partial charge < -0.3 is 4.57 Å². The molecule has 1 aromatic carbocycles. The molecule has 0 spiro atoms. The van der Waals surface area contributed by atoms with E-state index >= 15 is 0 Å². The highest BCUT2D eigenvalue weighted by atomic mass is 32.2. The zero-order chi connectivity index (χ0) is 23.6. The van der Waals surface area contributed by atoms with E-state index in [-0.39, 0.29) is 16.5 Å². The van der Waals surface area contributed by atoms with Crippen molar-refractivity contribution in [2.24, 2.45) is 0 Å². The van der Waals surface area contributed by atoms with Crippen molar-refractivity contribution in [3.63, 3.8) is 0 Å². The van der Waals surface area contributed by atoms with E-state index in [2.05, 4.69) is 27.5 Å². The minimum absolute atomic E-state index is 0.0795. The number of aromatic nitrogens is 2. The lowest BCUT2D eigenvalue weighted by molar-refractivity contribution is 0.102. The molecule has 0 aliphatic heterocycles. The van der Waals surface area contributed by atoms with E-state index in [1.807, 2.05) is 25.3 Å². The molecule has 2 heterocycles. The average Bonchev–Trinajstić information content (AvgIpc) is 3.32. The molecule has 0 fully saturated rings. The Morgan fingerprint density at radius 1 is 1.31 bits per heavy atom. The number of sulfonamides is 1. The van der Waals surface area contributed by atoms with Crippen molar-refractivity contribution in [3.8, 4) is 11.3 Å². The van der Waals surface area contributed by atoms with Gasteiger partial charge in [-0.05, 0) is 52.0 Å². The number of hydrogen-bond donors (Lipinski definition) is 1. The summed E-state index contributed by atoms with van der Waals surface area (Å²) in [6.07, 6.45) is 1.85. The molecular formula is C23H28N4O3S2. The molecule has 0 bridgehead atoms. The summed E-state index contributed by atoms with van der Waals surface area (Å²) in [6, 6.07) is 7.91. The van der Waals surface area contributed by atoms with Gasteiger partial charge in [-0.15, -0.1) is 17.9 Å². The van der Waals surface area contributed by atoms with Crippen LogP contribution in [0.3, 0.4) is 0 Å². The molecule has 0 aliphatic carbocycles. The number of carbonyl (C=O) groups is 1. The van der Waals surface area contributed by atoms with E-state index in [1.54, 1.807) is 26.0 Å². The summed E-state index contributed by atoms with van der Waals surface area (Å²) < 4.78 is 28.9. The molecule has 1 amide bonds. The van der Waals surface area contributed by atoms with Gasteiger partial charge in [0.25, 0.3) is 5.91 Å². The second-order valence-electron chi connectivity index (χ2n) is 7.82. The number of benzene rings is 1. The molecule has 170 valence electrons.